The fourth-order valence-corrected chi connectivity index (χ4v) is 6.03. The van der Waals surface area contributed by atoms with Gasteiger partial charge in [0.1, 0.15) is 18.8 Å². The van der Waals surface area contributed by atoms with Gasteiger partial charge in [-0.2, -0.15) is 0 Å². The fourth-order valence-electron chi connectivity index (χ4n) is 4.89. The lowest BCUT2D eigenvalue weighted by Crippen LogP contribution is -2.42. The number of alkyl halides is 1. The molecule has 1 unspecified atom stereocenters. The van der Waals surface area contributed by atoms with E-state index < -0.39 is 41.8 Å². The molecule has 1 saturated heterocycles. The van der Waals surface area contributed by atoms with E-state index in [1.165, 1.54) is 6.20 Å². The molecule has 1 fully saturated rings. The van der Waals surface area contributed by atoms with Crippen molar-refractivity contribution in [3.05, 3.63) is 92.3 Å². The number of hydrogen-bond donors (Lipinski definition) is 2. The number of benzene rings is 2. The second-order valence-electron chi connectivity index (χ2n) is 9.02. The van der Waals surface area contributed by atoms with Crippen LogP contribution in [-0.4, -0.2) is 47.0 Å². The van der Waals surface area contributed by atoms with Crippen LogP contribution in [0, 0.1) is 12.3 Å². The standard InChI is InChI=1S/C28H26FN3O5S/c1-3-13-36-24-19(37-27(23(24)29)32-15-16(4-2)25(33)31-28(32)35)14-30-26(34)22-17-9-5-7-11-20(17)38-21-12-8-6-10-18(21)22/h1,5-12,15,19,22-24,27H,4,13-14H2,2H3,(H,30,34)(H,31,33,35)/t19-,23+,24-,27?/m1/s1. The highest BCUT2D eigenvalue weighted by atomic mass is 32.2. The number of carbonyl (C=O) groups excluding carboxylic acids is 1. The quantitative estimate of drug-likeness (QED) is 0.451. The summed E-state index contributed by atoms with van der Waals surface area (Å²) in [7, 11) is 0. The van der Waals surface area contributed by atoms with Gasteiger partial charge in [-0.05, 0) is 29.7 Å². The number of amides is 1. The van der Waals surface area contributed by atoms with Crippen molar-refractivity contribution < 1.29 is 18.7 Å². The number of nitrogens with one attached hydrogen (secondary N) is 2. The van der Waals surface area contributed by atoms with Gasteiger partial charge in [-0.3, -0.25) is 19.1 Å². The van der Waals surface area contributed by atoms with Gasteiger partial charge in [0.25, 0.3) is 5.56 Å². The molecule has 4 atom stereocenters. The number of fused-ring (bicyclic) bond motifs is 2. The zero-order valence-corrected chi connectivity index (χ0v) is 21.4. The van der Waals surface area contributed by atoms with Crippen LogP contribution in [0.5, 0.6) is 0 Å². The molecule has 5 rings (SSSR count). The minimum atomic E-state index is -1.77. The molecular weight excluding hydrogens is 509 g/mol. The summed E-state index contributed by atoms with van der Waals surface area (Å²) in [6.45, 7) is 1.50. The van der Waals surface area contributed by atoms with Crippen LogP contribution in [0.3, 0.4) is 0 Å². The van der Waals surface area contributed by atoms with E-state index in [-0.39, 0.29) is 19.1 Å². The van der Waals surface area contributed by atoms with Crippen molar-refractivity contribution in [1.82, 2.24) is 14.9 Å². The second-order valence-corrected chi connectivity index (χ2v) is 10.1. The first-order chi connectivity index (χ1) is 18.4. The van der Waals surface area contributed by atoms with E-state index in [1.807, 2.05) is 48.5 Å². The Kier molecular flexibility index (Phi) is 7.51. The molecule has 196 valence electrons. The van der Waals surface area contributed by atoms with E-state index in [9.17, 15) is 14.4 Å². The Bertz CT molecular complexity index is 1470. The van der Waals surface area contributed by atoms with Crippen molar-refractivity contribution in [3.63, 3.8) is 0 Å². The van der Waals surface area contributed by atoms with Gasteiger partial charge in [0, 0.05) is 28.1 Å². The lowest BCUT2D eigenvalue weighted by Gasteiger charge is -2.28. The normalized spacial score (nSPS) is 22.3. The molecule has 0 bridgehead atoms. The highest BCUT2D eigenvalue weighted by Crippen LogP contribution is 2.45. The smallest absolute Gasteiger partial charge is 0.330 e. The lowest BCUT2D eigenvalue weighted by atomic mass is 9.89. The van der Waals surface area contributed by atoms with E-state index >= 15 is 4.39 Å². The number of nitrogens with zero attached hydrogens (tertiary/aromatic N) is 1. The molecule has 2 aromatic carbocycles. The van der Waals surface area contributed by atoms with E-state index in [1.54, 1.807) is 18.7 Å². The molecule has 2 aliphatic rings. The Morgan fingerprint density at radius 1 is 1.18 bits per heavy atom. The van der Waals surface area contributed by atoms with Gasteiger partial charge in [-0.1, -0.05) is 61.0 Å². The molecule has 0 spiro atoms. The molecule has 3 heterocycles. The number of carbonyl (C=O) groups is 1. The van der Waals surface area contributed by atoms with Gasteiger partial charge in [0.05, 0.1) is 5.92 Å². The van der Waals surface area contributed by atoms with Crippen LogP contribution >= 0.6 is 11.8 Å². The zero-order valence-electron chi connectivity index (χ0n) is 20.6. The molecule has 0 saturated carbocycles. The van der Waals surface area contributed by atoms with Crippen LogP contribution < -0.4 is 16.6 Å². The first kappa shape index (κ1) is 26.0. The van der Waals surface area contributed by atoms with Crippen LogP contribution in [0.15, 0.2) is 74.1 Å². The van der Waals surface area contributed by atoms with Crippen LogP contribution in [0.2, 0.25) is 0 Å². The maximum atomic E-state index is 15.6. The van der Waals surface area contributed by atoms with Gasteiger partial charge in [0.2, 0.25) is 5.91 Å². The lowest BCUT2D eigenvalue weighted by molar-refractivity contribution is -0.123. The van der Waals surface area contributed by atoms with Crippen LogP contribution in [0.4, 0.5) is 4.39 Å². The number of aryl methyl sites for hydroxylation is 1. The molecular formula is C28H26FN3O5S. The van der Waals surface area contributed by atoms with Crippen molar-refractivity contribution in [3.8, 4) is 12.3 Å². The predicted octanol–water partition coefficient (Wildman–Crippen LogP) is 2.77. The van der Waals surface area contributed by atoms with Gasteiger partial charge < -0.3 is 14.8 Å². The molecule has 1 amide bonds. The average molecular weight is 536 g/mol. The molecule has 2 aliphatic heterocycles. The maximum Gasteiger partial charge on any atom is 0.330 e. The molecule has 0 radical (unpaired) electrons. The summed E-state index contributed by atoms with van der Waals surface area (Å²) in [6, 6.07) is 15.4. The van der Waals surface area contributed by atoms with E-state index in [0.717, 1.165) is 25.5 Å². The van der Waals surface area contributed by atoms with Crippen LogP contribution in [0.1, 0.15) is 35.8 Å². The van der Waals surface area contributed by atoms with Gasteiger partial charge in [0.15, 0.2) is 12.4 Å². The molecule has 2 N–H and O–H groups in total. The summed E-state index contributed by atoms with van der Waals surface area (Å²) in [6.07, 6.45) is 1.77. The number of halogens is 1. The zero-order chi connectivity index (χ0) is 26.8. The van der Waals surface area contributed by atoms with Gasteiger partial charge >= 0.3 is 5.69 Å². The van der Waals surface area contributed by atoms with Gasteiger partial charge in [-0.25, -0.2) is 9.18 Å². The van der Waals surface area contributed by atoms with Crippen molar-refractivity contribution >= 4 is 17.7 Å². The summed E-state index contributed by atoms with van der Waals surface area (Å²) >= 11 is 1.61. The Hall–Kier alpha value is -3.65. The molecule has 3 aromatic rings. The number of rotatable bonds is 7. The SMILES string of the molecule is C#CCO[C@H]1[C@H](F)C(n2cc(CC)c(=O)[nH]c2=O)O[C@@H]1CNC(=O)C1c2ccccc2Sc2ccccc21. The molecule has 1 aromatic heterocycles. The Labute approximate surface area is 222 Å². The molecule has 8 nitrogen and oxygen atoms in total. The molecule has 38 heavy (non-hydrogen) atoms. The number of aromatic nitrogens is 2. The summed E-state index contributed by atoms with van der Waals surface area (Å²) in [5, 5.41) is 2.90. The number of ether oxygens (including phenoxy) is 2. The number of H-pyrrole nitrogens is 1. The Balaban J connectivity index is 1.39. The second kappa shape index (κ2) is 11.0. The first-order valence-electron chi connectivity index (χ1n) is 12.2. The topological polar surface area (TPSA) is 102 Å². The monoisotopic (exact) mass is 535 g/mol. The van der Waals surface area contributed by atoms with E-state index in [2.05, 4.69) is 16.2 Å². The van der Waals surface area contributed by atoms with E-state index in [0.29, 0.717) is 12.0 Å². The first-order valence-corrected chi connectivity index (χ1v) is 13.1. The van der Waals surface area contributed by atoms with Crippen LogP contribution in [0.25, 0.3) is 0 Å². The van der Waals surface area contributed by atoms with Crippen molar-refractivity contribution in [1.29, 1.82) is 0 Å². The van der Waals surface area contributed by atoms with Gasteiger partial charge in [-0.15, -0.1) is 6.42 Å². The minimum absolute atomic E-state index is 0.0717. The summed E-state index contributed by atoms with van der Waals surface area (Å²) in [5.41, 5.74) is 0.750. The summed E-state index contributed by atoms with van der Waals surface area (Å²) < 4.78 is 28.1. The minimum Gasteiger partial charge on any atom is -0.360 e. The maximum absolute atomic E-state index is 15.6. The van der Waals surface area contributed by atoms with Crippen molar-refractivity contribution in [2.24, 2.45) is 0 Å². The number of terminal acetylenes is 1. The fraction of sp³-hybridized carbons (Fsp3) is 0.321. The number of hydrogen-bond acceptors (Lipinski definition) is 6. The average Bonchev–Trinajstić information content (AvgIpc) is 3.23. The number of aromatic amines is 1. The third-order valence-electron chi connectivity index (χ3n) is 6.74. The largest absolute Gasteiger partial charge is 0.360 e. The summed E-state index contributed by atoms with van der Waals surface area (Å²) in [5.74, 6) is 1.50. The molecule has 0 aliphatic carbocycles. The van der Waals surface area contributed by atoms with Crippen LogP contribution in [-0.2, 0) is 20.7 Å². The highest BCUT2D eigenvalue weighted by molar-refractivity contribution is 7.99. The van der Waals surface area contributed by atoms with E-state index in [4.69, 9.17) is 15.9 Å². The molecule has 10 heteroatoms. The Morgan fingerprint density at radius 2 is 1.84 bits per heavy atom. The summed E-state index contributed by atoms with van der Waals surface area (Å²) in [4.78, 5) is 42.2. The third-order valence-corrected chi connectivity index (χ3v) is 7.93. The highest BCUT2D eigenvalue weighted by Gasteiger charge is 2.47. The Morgan fingerprint density at radius 3 is 2.47 bits per heavy atom. The van der Waals surface area contributed by atoms with Crippen molar-refractivity contribution in [2.75, 3.05) is 13.2 Å². The third kappa shape index (κ3) is 4.80. The van der Waals surface area contributed by atoms with Crippen molar-refractivity contribution in [2.45, 2.75) is 53.7 Å². The predicted molar refractivity (Wildman–Crippen MR) is 140 cm³/mol.